The Morgan fingerprint density at radius 2 is 2.10 bits per heavy atom. The summed E-state index contributed by atoms with van der Waals surface area (Å²) in [6.45, 7) is 8.69. The highest BCUT2D eigenvalue weighted by Gasteiger charge is 2.18. The summed E-state index contributed by atoms with van der Waals surface area (Å²) in [4.78, 5) is 16.1. The van der Waals surface area contributed by atoms with Crippen LogP contribution in [0.5, 0.6) is 0 Å². The Labute approximate surface area is 124 Å². The third kappa shape index (κ3) is 3.87. The molecule has 21 heavy (non-hydrogen) atoms. The molecule has 2 aromatic heterocycles. The van der Waals surface area contributed by atoms with E-state index in [4.69, 9.17) is 4.74 Å². The standard InChI is InChI=1S/C15H20N4O2/c1-10(2)9-21-15(20)14-12(4)19(18-17-14)8-13-5-11(3)6-16-7-13/h5-7,10H,8-9H2,1-4H3. The molecule has 0 radical (unpaired) electrons. The summed E-state index contributed by atoms with van der Waals surface area (Å²) in [5, 5.41) is 7.96. The molecule has 112 valence electrons. The summed E-state index contributed by atoms with van der Waals surface area (Å²) < 4.78 is 6.87. The minimum atomic E-state index is -0.421. The van der Waals surface area contributed by atoms with Crippen LogP contribution in [0.3, 0.4) is 0 Å². The fraction of sp³-hybridized carbons (Fsp3) is 0.467. The first-order valence-corrected chi connectivity index (χ1v) is 6.95. The number of nitrogens with zero attached hydrogens (tertiary/aromatic N) is 4. The van der Waals surface area contributed by atoms with E-state index < -0.39 is 5.97 Å². The molecule has 0 fully saturated rings. The van der Waals surface area contributed by atoms with Gasteiger partial charge in [-0.2, -0.15) is 0 Å². The maximum atomic E-state index is 11.9. The lowest BCUT2D eigenvalue weighted by atomic mass is 10.2. The molecule has 2 heterocycles. The van der Waals surface area contributed by atoms with Crippen LogP contribution in [0.4, 0.5) is 0 Å². The monoisotopic (exact) mass is 288 g/mol. The van der Waals surface area contributed by atoms with Gasteiger partial charge in [0.05, 0.1) is 18.8 Å². The topological polar surface area (TPSA) is 69.9 Å². The van der Waals surface area contributed by atoms with Crippen LogP contribution in [0.2, 0.25) is 0 Å². The Morgan fingerprint density at radius 1 is 1.33 bits per heavy atom. The molecular formula is C15H20N4O2. The molecule has 0 saturated heterocycles. The van der Waals surface area contributed by atoms with Gasteiger partial charge in [-0.05, 0) is 30.9 Å². The van der Waals surface area contributed by atoms with Gasteiger partial charge in [-0.3, -0.25) is 4.98 Å². The van der Waals surface area contributed by atoms with Gasteiger partial charge in [0, 0.05) is 12.4 Å². The number of hydrogen-bond donors (Lipinski definition) is 0. The first kappa shape index (κ1) is 15.2. The van der Waals surface area contributed by atoms with E-state index in [-0.39, 0.29) is 5.69 Å². The molecule has 2 aromatic rings. The van der Waals surface area contributed by atoms with Gasteiger partial charge in [0.15, 0.2) is 5.69 Å². The van der Waals surface area contributed by atoms with Crippen molar-refractivity contribution in [2.24, 2.45) is 5.92 Å². The van der Waals surface area contributed by atoms with Gasteiger partial charge in [0.2, 0.25) is 0 Å². The van der Waals surface area contributed by atoms with Crippen LogP contribution in [0.15, 0.2) is 18.5 Å². The largest absolute Gasteiger partial charge is 0.461 e. The minimum absolute atomic E-state index is 0.274. The molecule has 6 nitrogen and oxygen atoms in total. The van der Waals surface area contributed by atoms with Gasteiger partial charge in [0.1, 0.15) is 0 Å². The zero-order valence-electron chi connectivity index (χ0n) is 12.8. The molecule has 2 rings (SSSR count). The van der Waals surface area contributed by atoms with Gasteiger partial charge < -0.3 is 4.74 Å². The summed E-state index contributed by atoms with van der Waals surface area (Å²) in [6, 6.07) is 2.03. The molecule has 0 saturated carbocycles. The van der Waals surface area contributed by atoms with E-state index in [1.807, 2.05) is 33.8 Å². The quantitative estimate of drug-likeness (QED) is 0.788. The van der Waals surface area contributed by atoms with E-state index in [0.717, 1.165) is 11.1 Å². The van der Waals surface area contributed by atoms with Crippen molar-refractivity contribution < 1.29 is 9.53 Å². The molecule has 0 aliphatic heterocycles. The van der Waals surface area contributed by atoms with Crippen LogP contribution in [0, 0.1) is 19.8 Å². The van der Waals surface area contributed by atoms with Crippen LogP contribution >= 0.6 is 0 Å². The van der Waals surface area contributed by atoms with Gasteiger partial charge in [-0.15, -0.1) is 5.10 Å². The second kappa shape index (κ2) is 6.47. The molecule has 0 aliphatic rings. The maximum Gasteiger partial charge on any atom is 0.360 e. The van der Waals surface area contributed by atoms with Crippen LogP contribution in [0.1, 0.15) is 41.2 Å². The molecule has 0 aromatic carbocycles. The summed E-state index contributed by atoms with van der Waals surface area (Å²) in [7, 11) is 0. The Bertz CT molecular complexity index is 634. The second-order valence-corrected chi connectivity index (χ2v) is 5.54. The number of ether oxygens (including phenoxy) is 1. The molecule has 0 amide bonds. The van der Waals surface area contributed by atoms with Crippen LogP contribution in [-0.2, 0) is 11.3 Å². The van der Waals surface area contributed by atoms with Gasteiger partial charge in [-0.1, -0.05) is 25.1 Å². The Morgan fingerprint density at radius 3 is 2.76 bits per heavy atom. The predicted molar refractivity (Wildman–Crippen MR) is 78.0 cm³/mol. The van der Waals surface area contributed by atoms with Gasteiger partial charge >= 0.3 is 5.97 Å². The fourth-order valence-electron chi connectivity index (χ4n) is 1.89. The summed E-state index contributed by atoms with van der Waals surface area (Å²) in [5.74, 6) is -0.127. The van der Waals surface area contributed by atoms with Crippen molar-refractivity contribution in [3.63, 3.8) is 0 Å². The molecule has 0 N–H and O–H groups in total. The number of carbonyl (C=O) groups excluding carboxylic acids is 1. The number of carbonyl (C=O) groups is 1. The molecule has 0 unspecified atom stereocenters. The SMILES string of the molecule is Cc1cncc(Cn2nnc(C(=O)OCC(C)C)c2C)c1. The predicted octanol–water partition coefficient (Wildman–Crippen LogP) is 2.15. The van der Waals surface area contributed by atoms with Crippen molar-refractivity contribution in [3.8, 4) is 0 Å². The fourth-order valence-corrected chi connectivity index (χ4v) is 1.89. The molecule has 6 heteroatoms. The van der Waals surface area contributed by atoms with Crippen molar-refractivity contribution in [3.05, 3.63) is 41.0 Å². The average Bonchev–Trinajstić information content (AvgIpc) is 2.78. The Hall–Kier alpha value is -2.24. The summed E-state index contributed by atoms with van der Waals surface area (Å²) >= 11 is 0. The minimum Gasteiger partial charge on any atom is -0.461 e. The van der Waals surface area contributed by atoms with Crippen LogP contribution in [-0.4, -0.2) is 32.6 Å². The van der Waals surface area contributed by atoms with E-state index in [1.54, 1.807) is 17.1 Å². The smallest absolute Gasteiger partial charge is 0.360 e. The first-order chi connectivity index (χ1) is 9.97. The third-order valence-electron chi connectivity index (χ3n) is 2.99. The lowest BCUT2D eigenvalue weighted by Crippen LogP contribution is -2.12. The average molecular weight is 288 g/mol. The van der Waals surface area contributed by atoms with Gasteiger partial charge in [0.25, 0.3) is 0 Å². The number of pyridine rings is 1. The van der Waals surface area contributed by atoms with Crippen molar-refractivity contribution in [1.82, 2.24) is 20.0 Å². The third-order valence-corrected chi connectivity index (χ3v) is 2.99. The number of esters is 1. The maximum absolute atomic E-state index is 11.9. The Kier molecular flexibility index (Phi) is 4.67. The summed E-state index contributed by atoms with van der Waals surface area (Å²) in [5.41, 5.74) is 3.08. The number of hydrogen-bond acceptors (Lipinski definition) is 5. The molecule has 0 spiro atoms. The van der Waals surface area contributed by atoms with Crippen molar-refractivity contribution in [2.45, 2.75) is 34.2 Å². The molecule has 0 atom stereocenters. The van der Waals surface area contributed by atoms with E-state index in [2.05, 4.69) is 15.3 Å². The van der Waals surface area contributed by atoms with Gasteiger partial charge in [-0.25, -0.2) is 9.48 Å². The normalized spacial score (nSPS) is 10.9. The Balaban J connectivity index is 2.11. The number of aryl methyl sites for hydroxylation is 1. The number of rotatable bonds is 5. The van der Waals surface area contributed by atoms with Crippen molar-refractivity contribution in [2.75, 3.05) is 6.61 Å². The zero-order chi connectivity index (χ0) is 15.4. The van der Waals surface area contributed by atoms with E-state index >= 15 is 0 Å². The zero-order valence-corrected chi connectivity index (χ0v) is 12.8. The second-order valence-electron chi connectivity index (χ2n) is 5.54. The lowest BCUT2D eigenvalue weighted by Gasteiger charge is -2.06. The molecular weight excluding hydrogens is 268 g/mol. The molecule has 0 aliphatic carbocycles. The van der Waals surface area contributed by atoms with Crippen molar-refractivity contribution >= 4 is 5.97 Å². The molecule has 0 bridgehead atoms. The number of aromatic nitrogens is 4. The van der Waals surface area contributed by atoms with E-state index in [1.165, 1.54) is 0 Å². The highest BCUT2D eigenvalue weighted by atomic mass is 16.5. The van der Waals surface area contributed by atoms with E-state index in [9.17, 15) is 4.79 Å². The first-order valence-electron chi connectivity index (χ1n) is 6.95. The highest BCUT2D eigenvalue weighted by Crippen LogP contribution is 2.10. The van der Waals surface area contributed by atoms with Crippen LogP contribution in [0.25, 0.3) is 0 Å². The van der Waals surface area contributed by atoms with Crippen LogP contribution < -0.4 is 0 Å². The van der Waals surface area contributed by atoms with Crippen molar-refractivity contribution in [1.29, 1.82) is 0 Å². The summed E-state index contributed by atoms with van der Waals surface area (Å²) in [6.07, 6.45) is 3.58. The lowest BCUT2D eigenvalue weighted by molar-refractivity contribution is 0.0451. The van der Waals surface area contributed by atoms with E-state index in [0.29, 0.717) is 24.8 Å². The highest BCUT2D eigenvalue weighted by molar-refractivity contribution is 5.88.